The minimum atomic E-state index is -0.886. The number of likely N-dealkylation sites (N-methyl/N-ethyl adjacent to an activating group) is 1. The van der Waals surface area contributed by atoms with Crippen LogP contribution in [0.5, 0.6) is 0 Å². The third-order valence-electron chi connectivity index (χ3n) is 1.98. The summed E-state index contributed by atoms with van der Waals surface area (Å²) in [5.74, 6) is -3.30. The highest BCUT2D eigenvalue weighted by Crippen LogP contribution is 2.09. The van der Waals surface area contributed by atoms with Gasteiger partial charge in [-0.3, -0.25) is 14.4 Å². The topological polar surface area (TPSA) is 54.5 Å². The molecule has 0 saturated heterocycles. The molecule has 90 valence electrons. The minimum absolute atomic E-state index is 0.0793. The Kier molecular flexibility index (Phi) is 4.03. The molecule has 6 heteroatoms. The Balaban J connectivity index is 2.88. The number of rotatable bonds is 4. The standard InChI is InChI=1S/C11H9F2NO3/c1-14(5-10(16)6-15)11(17)7-2-8(12)4-9(13)3-7/h2-4,6H,5H2,1H3. The lowest BCUT2D eigenvalue weighted by atomic mass is 10.2. The Morgan fingerprint density at radius 1 is 1.24 bits per heavy atom. The van der Waals surface area contributed by atoms with Gasteiger partial charge in [0.15, 0.2) is 6.29 Å². The summed E-state index contributed by atoms with van der Waals surface area (Å²) in [5.41, 5.74) is -0.219. The molecule has 0 radical (unpaired) electrons. The van der Waals surface area contributed by atoms with E-state index in [4.69, 9.17) is 0 Å². The van der Waals surface area contributed by atoms with Crippen LogP contribution in [0.2, 0.25) is 0 Å². The quantitative estimate of drug-likeness (QED) is 0.579. The fourth-order valence-corrected chi connectivity index (χ4v) is 1.24. The molecular formula is C11H9F2NO3. The van der Waals surface area contributed by atoms with Gasteiger partial charge < -0.3 is 4.90 Å². The summed E-state index contributed by atoms with van der Waals surface area (Å²) in [4.78, 5) is 33.4. The van der Waals surface area contributed by atoms with Crippen molar-refractivity contribution in [3.8, 4) is 0 Å². The fraction of sp³-hybridized carbons (Fsp3) is 0.182. The van der Waals surface area contributed by atoms with Crippen LogP contribution < -0.4 is 0 Å². The zero-order valence-electron chi connectivity index (χ0n) is 8.94. The van der Waals surface area contributed by atoms with E-state index in [0.717, 1.165) is 17.0 Å². The number of Topliss-reactive ketones (excluding diaryl/α,β-unsaturated/α-hetero) is 1. The first-order chi connectivity index (χ1) is 7.93. The summed E-state index contributed by atoms with van der Waals surface area (Å²) >= 11 is 0. The molecule has 0 atom stereocenters. The first-order valence-electron chi connectivity index (χ1n) is 4.63. The monoisotopic (exact) mass is 241 g/mol. The maximum absolute atomic E-state index is 12.8. The van der Waals surface area contributed by atoms with Crippen molar-refractivity contribution in [1.29, 1.82) is 0 Å². The summed E-state index contributed by atoms with van der Waals surface area (Å²) in [5, 5.41) is 0. The highest BCUT2D eigenvalue weighted by molar-refractivity contribution is 6.26. The molecular weight excluding hydrogens is 232 g/mol. The van der Waals surface area contributed by atoms with Crippen LogP contribution in [0.15, 0.2) is 18.2 Å². The average Bonchev–Trinajstić information content (AvgIpc) is 2.26. The van der Waals surface area contributed by atoms with E-state index in [1.807, 2.05) is 0 Å². The van der Waals surface area contributed by atoms with Gasteiger partial charge in [0.25, 0.3) is 5.91 Å². The van der Waals surface area contributed by atoms with E-state index in [0.29, 0.717) is 6.07 Å². The molecule has 0 bridgehead atoms. The second-order valence-electron chi connectivity index (χ2n) is 3.40. The minimum Gasteiger partial charge on any atom is -0.334 e. The van der Waals surface area contributed by atoms with Crippen LogP contribution >= 0.6 is 0 Å². The van der Waals surface area contributed by atoms with Crippen LogP contribution in [-0.2, 0) is 9.59 Å². The van der Waals surface area contributed by atoms with Gasteiger partial charge in [0, 0.05) is 18.7 Å². The lowest BCUT2D eigenvalue weighted by molar-refractivity contribution is -0.130. The number of hydrogen-bond donors (Lipinski definition) is 0. The SMILES string of the molecule is CN(CC(=O)C=O)C(=O)c1cc(F)cc(F)c1. The molecule has 0 unspecified atom stereocenters. The van der Waals surface area contributed by atoms with E-state index in [9.17, 15) is 23.2 Å². The van der Waals surface area contributed by atoms with Crippen LogP contribution in [0.3, 0.4) is 0 Å². The molecule has 0 N–H and O–H groups in total. The van der Waals surface area contributed by atoms with Crippen molar-refractivity contribution in [3.05, 3.63) is 35.4 Å². The van der Waals surface area contributed by atoms with Crippen molar-refractivity contribution in [2.24, 2.45) is 0 Å². The van der Waals surface area contributed by atoms with Gasteiger partial charge in [-0.1, -0.05) is 0 Å². The molecule has 1 amide bonds. The molecule has 1 rings (SSSR count). The molecule has 4 nitrogen and oxygen atoms in total. The molecule has 0 spiro atoms. The smallest absolute Gasteiger partial charge is 0.254 e. The van der Waals surface area contributed by atoms with Crippen molar-refractivity contribution < 1.29 is 23.2 Å². The Labute approximate surface area is 95.8 Å². The zero-order valence-corrected chi connectivity index (χ0v) is 8.94. The number of amides is 1. The number of halogens is 2. The molecule has 0 aliphatic rings. The molecule has 1 aromatic carbocycles. The fourth-order valence-electron chi connectivity index (χ4n) is 1.24. The van der Waals surface area contributed by atoms with Crippen molar-refractivity contribution in [2.45, 2.75) is 0 Å². The van der Waals surface area contributed by atoms with Crippen molar-refractivity contribution in [1.82, 2.24) is 4.90 Å². The Hall–Kier alpha value is -2.11. The van der Waals surface area contributed by atoms with Gasteiger partial charge in [-0.05, 0) is 12.1 Å². The van der Waals surface area contributed by atoms with Gasteiger partial charge >= 0.3 is 0 Å². The van der Waals surface area contributed by atoms with Crippen molar-refractivity contribution >= 4 is 18.0 Å². The Morgan fingerprint density at radius 2 is 1.76 bits per heavy atom. The number of benzene rings is 1. The number of ketones is 1. The summed E-state index contributed by atoms with van der Waals surface area (Å²) in [7, 11) is 1.26. The summed E-state index contributed by atoms with van der Waals surface area (Å²) in [6.07, 6.45) is 0.0793. The zero-order chi connectivity index (χ0) is 13.0. The lowest BCUT2D eigenvalue weighted by Crippen LogP contribution is -2.32. The third kappa shape index (κ3) is 3.44. The number of carbonyl (C=O) groups excluding carboxylic acids is 3. The van der Waals surface area contributed by atoms with Crippen LogP contribution in [-0.4, -0.2) is 36.5 Å². The van der Waals surface area contributed by atoms with Crippen LogP contribution in [0.1, 0.15) is 10.4 Å². The predicted octanol–water partition coefficient (Wildman–Crippen LogP) is 0.805. The largest absolute Gasteiger partial charge is 0.334 e. The third-order valence-corrected chi connectivity index (χ3v) is 1.98. The van der Waals surface area contributed by atoms with Gasteiger partial charge in [-0.15, -0.1) is 0 Å². The Morgan fingerprint density at radius 3 is 2.24 bits per heavy atom. The summed E-state index contributed by atoms with van der Waals surface area (Å²) in [6.45, 7) is -0.430. The number of aldehydes is 1. The lowest BCUT2D eigenvalue weighted by Gasteiger charge is -2.14. The summed E-state index contributed by atoms with van der Waals surface area (Å²) in [6, 6.07) is 2.34. The summed E-state index contributed by atoms with van der Waals surface area (Å²) < 4.78 is 25.7. The maximum atomic E-state index is 12.8. The van der Waals surface area contributed by atoms with E-state index in [-0.39, 0.29) is 11.8 Å². The van der Waals surface area contributed by atoms with E-state index in [1.54, 1.807) is 0 Å². The van der Waals surface area contributed by atoms with Gasteiger partial charge in [0.05, 0.1) is 6.54 Å². The van der Waals surface area contributed by atoms with Gasteiger partial charge in [-0.25, -0.2) is 8.78 Å². The highest BCUT2D eigenvalue weighted by Gasteiger charge is 2.16. The first-order valence-corrected chi connectivity index (χ1v) is 4.63. The van der Waals surface area contributed by atoms with Crippen LogP contribution in [0.4, 0.5) is 8.78 Å². The highest BCUT2D eigenvalue weighted by atomic mass is 19.1. The molecule has 0 saturated carbocycles. The van der Waals surface area contributed by atoms with Crippen molar-refractivity contribution in [3.63, 3.8) is 0 Å². The second-order valence-corrected chi connectivity index (χ2v) is 3.40. The normalized spacial score (nSPS) is 9.82. The molecule has 0 fully saturated rings. The van der Waals surface area contributed by atoms with Crippen LogP contribution in [0, 0.1) is 11.6 Å². The van der Waals surface area contributed by atoms with Gasteiger partial charge in [-0.2, -0.15) is 0 Å². The molecule has 0 aliphatic carbocycles. The molecule has 0 aromatic heterocycles. The molecule has 1 aromatic rings. The average molecular weight is 241 g/mol. The van der Waals surface area contributed by atoms with Gasteiger partial charge in [0.2, 0.25) is 5.78 Å². The second kappa shape index (κ2) is 5.29. The van der Waals surface area contributed by atoms with Gasteiger partial charge in [0.1, 0.15) is 11.6 Å². The van der Waals surface area contributed by atoms with Crippen LogP contribution in [0.25, 0.3) is 0 Å². The van der Waals surface area contributed by atoms with E-state index in [1.165, 1.54) is 7.05 Å². The van der Waals surface area contributed by atoms with E-state index < -0.39 is 29.9 Å². The van der Waals surface area contributed by atoms with E-state index >= 15 is 0 Å². The molecule has 0 aliphatic heterocycles. The molecule has 0 heterocycles. The maximum Gasteiger partial charge on any atom is 0.254 e. The number of carbonyl (C=O) groups is 3. The van der Waals surface area contributed by atoms with Crippen molar-refractivity contribution in [2.75, 3.05) is 13.6 Å². The number of nitrogens with zero attached hydrogens (tertiary/aromatic N) is 1. The Bertz CT molecular complexity index is 454. The molecule has 17 heavy (non-hydrogen) atoms. The predicted molar refractivity (Wildman–Crippen MR) is 54.4 cm³/mol. The van der Waals surface area contributed by atoms with E-state index in [2.05, 4.69) is 0 Å². The first kappa shape index (κ1) is 13.0. The number of hydrogen-bond acceptors (Lipinski definition) is 3.